The van der Waals surface area contributed by atoms with Gasteiger partial charge in [-0.1, -0.05) is 30.3 Å². The van der Waals surface area contributed by atoms with Crippen molar-refractivity contribution in [2.45, 2.75) is 13.5 Å². The number of nitrogens with two attached hydrogens (primary N) is 1. The van der Waals surface area contributed by atoms with E-state index in [1.165, 1.54) is 11.3 Å². The monoisotopic (exact) mass is 338 g/mol. The van der Waals surface area contributed by atoms with Crippen LogP contribution in [0.5, 0.6) is 5.75 Å². The lowest BCUT2D eigenvalue weighted by Gasteiger charge is -2.08. The van der Waals surface area contributed by atoms with Gasteiger partial charge in [-0.05, 0) is 41.8 Å². The second-order valence-electron chi connectivity index (χ2n) is 5.24. The number of thiazole rings is 1. The molecule has 0 atom stereocenters. The fourth-order valence-corrected chi connectivity index (χ4v) is 2.67. The van der Waals surface area contributed by atoms with Gasteiger partial charge in [0.2, 0.25) is 5.13 Å². The van der Waals surface area contributed by atoms with Crippen LogP contribution in [0.3, 0.4) is 0 Å². The van der Waals surface area contributed by atoms with Gasteiger partial charge in [0.05, 0.1) is 6.21 Å². The molecule has 0 amide bonds. The molecule has 0 aliphatic rings. The topological polar surface area (TPSA) is 72.5 Å². The van der Waals surface area contributed by atoms with Crippen LogP contribution >= 0.6 is 11.3 Å². The number of rotatable bonds is 6. The van der Waals surface area contributed by atoms with Gasteiger partial charge >= 0.3 is 0 Å². The Hall–Kier alpha value is -2.86. The lowest BCUT2D eigenvalue weighted by atomic mass is 10.1. The Bertz CT molecular complexity index is 830. The molecular formula is C18H18N4OS. The van der Waals surface area contributed by atoms with Gasteiger partial charge in [0.15, 0.2) is 0 Å². The summed E-state index contributed by atoms with van der Waals surface area (Å²) in [5.41, 5.74) is 11.7. The van der Waals surface area contributed by atoms with E-state index in [1.54, 1.807) is 11.6 Å². The van der Waals surface area contributed by atoms with Crippen molar-refractivity contribution in [2.75, 3.05) is 11.2 Å². The third-order valence-corrected chi connectivity index (χ3v) is 4.14. The van der Waals surface area contributed by atoms with Gasteiger partial charge in [0, 0.05) is 5.38 Å². The van der Waals surface area contributed by atoms with Crippen LogP contribution in [0.1, 0.15) is 16.7 Å². The Morgan fingerprint density at radius 1 is 1.25 bits per heavy atom. The summed E-state index contributed by atoms with van der Waals surface area (Å²) in [4.78, 5) is 4.08. The number of hydrazone groups is 1. The Balaban J connectivity index is 1.59. The normalized spacial score (nSPS) is 10.9. The zero-order chi connectivity index (χ0) is 16.8. The lowest BCUT2D eigenvalue weighted by Crippen LogP contribution is -1.97. The fraction of sp³-hybridized carbons (Fsp3) is 0.111. The molecule has 0 unspecified atom stereocenters. The predicted molar refractivity (Wildman–Crippen MR) is 99.7 cm³/mol. The van der Waals surface area contributed by atoms with Crippen LogP contribution in [0.4, 0.5) is 10.9 Å². The predicted octanol–water partition coefficient (Wildman–Crippen LogP) is 4.06. The number of nitrogens with one attached hydrogen (secondary N) is 1. The van der Waals surface area contributed by atoms with Crippen LogP contribution in [0.15, 0.2) is 59.0 Å². The van der Waals surface area contributed by atoms with E-state index in [0.717, 1.165) is 22.4 Å². The van der Waals surface area contributed by atoms with Crippen molar-refractivity contribution in [3.05, 3.63) is 70.6 Å². The van der Waals surface area contributed by atoms with Crippen molar-refractivity contribution in [2.24, 2.45) is 5.10 Å². The van der Waals surface area contributed by atoms with E-state index in [-0.39, 0.29) is 0 Å². The summed E-state index contributed by atoms with van der Waals surface area (Å²) in [6, 6.07) is 16.0. The first kappa shape index (κ1) is 16.0. The Morgan fingerprint density at radius 3 is 2.79 bits per heavy atom. The summed E-state index contributed by atoms with van der Waals surface area (Å²) in [5, 5.41) is 6.62. The third kappa shape index (κ3) is 4.33. The van der Waals surface area contributed by atoms with Crippen molar-refractivity contribution < 1.29 is 4.74 Å². The van der Waals surface area contributed by atoms with Gasteiger partial charge in [0.1, 0.15) is 18.2 Å². The van der Waals surface area contributed by atoms with E-state index in [0.29, 0.717) is 17.6 Å². The minimum absolute atomic E-state index is 0.494. The Kier molecular flexibility index (Phi) is 5.08. The first-order chi connectivity index (χ1) is 11.7. The highest BCUT2D eigenvalue weighted by molar-refractivity contribution is 7.14. The van der Waals surface area contributed by atoms with Gasteiger partial charge in [-0.2, -0.15) is 5.10 Å². The summed E-state index contributed by atoms with van der Waals surface area (Å²) >= 11 is 1.41. The van der Waals surface area contributed by atoms with E-state index < -0.39 is 0 Å². The number of ether oxygens (including phenoxy) is 1. The lowest BCUT2D eigenvalue weighted by molar-refractivity contribution is 0.306. The van der Waals surface area contributed by atoms with Crippen LogP contribution in [0, 0.1) is 6.92 Å². The number of nitrogens with zero attached hydrogens (tertiary/aromatic N) is 2. The van der Waals surface area contributed by atoms with E-state index >= 15 is 0 Å². The molecule has 1 aromatic heterocycles. The van der Waals surface area contributed by atoms with Crippen molar-refractivity contribution in [1.29, 1.82) is 0 Å². The van der Waals surface area contributed by atoms with Crippen LogP contribution in [0.25, 0.3) is 0 Å². The average molecular weight is 338 g/mol. The molecule has 122 valence electrons. The van der Waals surface area contributed by atoms with Crippen molar-refractivity contribution in [3.63, 3.8) is 0 Å². The SMILES string of the molecule is Cc1cc(OCc2ccccc2)ccc1C=NNc1nc(N)cs1. The highest BCUT2D eigenvalue weighted by atomic mass is 32.1. The quantitative estimate of drug-likeness (QED) is 0.525. The van der Waals surface area contributed by atoms with Crippen LogP contribution in [-0.4, -0.2) is 11.2 Å². The third-order valence-electron chi connectivity index (χ3n) is 3.38. The molecule has 3 rings (SSSR count). The van der Waals surface area contributed by atoms with Crippen LogP contribution < -0.4 is 15.9 Å². The zero-order valence-corrected chi connectivity index (χ0v) is 14.1. The molecule has 0 saturated carbocycles. The Morgan fingerprint density at radius 2 is 2.08 bits per heavy atom. The number of nitrogen functional groups attached to an aromatic ring is 1. The minimum atomic E-state index is 0.494. The van der Waals surface area contributed by atoms with Gasteiger partial charge in [-0.25, -0.2) is 4.98 Å². The van der Waals surface area contributed by atoms with Crippen molar-refractivity contribution in [1.82, 2.24) is 4.98 Å². The smallest absolute Gasteiger partial charge is 0.205 e. The second-order valence-corrected chi connectivity index (χ2v) is 6.10. The van der Waals surface area contributed by atoms with Gasteiger partial charge in [0.25, 0.3) is 0 Å². The summed E-state index contributed by atoms with van der Waals surface area (Å²) < 4.78 is 5.82. The highest BCUT2D eigenvalue weighted by Crippen LogP contribution is 2.18. The Labute approximate surface area is 144 Å². The molecule has 3 N–H and O–H groups in total. The first-order valence-corrected chi connectivity index (χ1v) is 8.36. The number of aromatic nitrogens is 1. The highest BCUT2D eigenvalue weighted by Gasteiger charge is 2.01. The van der Waals surface area contributed by atoms with E-state index in [9.17, 15) is 0 Å². The molecule has 24 heavy (non-hydrogen) atoms. The summed E-state index contributed by atoms with van der Waals surface area (Å²) in [6.07, 6.45) is 1.76. The first-order valence-electron chi connectivity index (χ1n) is 7.48. The zero-order valence-electron chi connectivity index (χ0n) is 13.3. The number of hydrogen-bond acceptors (Lipinski definition) is 6. The number of benzene rings is 2. The molecule has 5 nitrogen and oxygen atoms in total. The molecule has 0 aliphatic heterocycles. The molecule has 1 heterocycles. The standard InChI is InChI=1S/C18H18N4OS/c1-13-9-16(23-11-14-5-3-2-4-6-14)8-7-15(13)10-20-22-18-21-17(19)12-24-18/h2-10,12H,11,19H2,1H3,(H,21,22). The van der Waals surface area contributed by atoms with Gasteiger partial charge in [-0.15, -0.1) is 11.3 Å². The summed E-state index contributed by atoms with van der Waals surface area (Å²) in [5.74, 6) is 1.34. The molecule has 2 aromatic carbocycles. The largest absolute Gasteiger partial charge is 0.489 e. The van der Waals surface area contributed by atoms with Crippen LogP contribution in [0.2, 0.25) is 0 Å². The van der Waals surface area contributed by atoms with Crippen molar-refractivity contribution >= 4 is 28.5 Å². The van der Waals surface area contributed by atoms with E-state index in [1.807, 2.05) is 55.5 Å². The van der Waals surface area contributed by atoms with E-state index in [4.69, 9.17) is 10.5 Å². The molecule has 0 aliphatic carbocycles. The maximum absolute atomic E-state index is 5.82. The average Bonchev–Trinajstić information content (AvgIpc) is 3.01. The number of aryl methyl sites for hydroxylation is 1. The fourth-order valence-electron chi connectivity index (χ4n) is 2.12. The van der Waals surface area contributed by atoms with Gasteiger partial charge in [-0.3, -0.25) is 5.43 Å². The van der Waals surface area contributed by atoms with Crippen molar-refractivity contribution in [3.8, 4) is 5.75 Å². The molecule has 0 radical (unpaired) electrons. The molecule has 3 aromatic rings. The summed E-state index contributed by atoms with van der Waals surface area (Å²) in [7, 11) is 0. The second kappa shape index (κ2) is 7.61. The number of hydrogen-bond donors (Lipinski definition) is 2. The number of anilines is 2. The molecule has 0 bridgehead atoms. The molecule has 0 saturated heterocycles. The minimum Gasteiger partial charge on any atom is -0.489 e. The molecule has 6 heteroatoms. The van der Waals surface area contributed by atoms with Crippen LogP contribution in [-0.2, 0) is 6.61 Å². The van der Waals surface area contributed by atoms with E-state index in [2.05, 4.69) is 15.5 Å². The van der Waals surface area contributed by atoms with Gasteiger partial charge < -0.3 is 10.5 Å². The maximum Gasteiger partial charge on any atom is 0.205 e. The molecule has 0 fully saturated rings. The summed E-state index contributed by atoms with van der Waals surface area (Å²) in [6.45, 7) is 2.58. The maximum atomic E-state index is 5.82. The molecule has 0 spiro atoms. The molecular weight excluding hydrogens is 320 g/mol.